The minimum absolute atomic E-state index is 0.0878. The number of aromatic nitrogens is 2. The highest BCUT2D eigenvalue weighted by Crippen LogP contribution is 2.27. The van der Waals surface area contributed by atoms with Crippen molar-refractivity contribution in [2.75, 3.05) is 13.7 Å². The van der Waals surface area contributed by atoms with Crippen LogP contribution < -0.4 is 10.1 Å². The first-order chi connectivity index (χ1) is 13.6. The van der Waals surface area contributed by atoms with E-state index in [9.17, 15) is 9.90 Å². The standard InChI is InChI=1S/C22H25N3O3/c1-16(25-12-11-23-15-25)9-10-24-22(27)18-5-3-17(4-6-18)19-7-8-21(28-2)20(13-19)14-26/h3-8,11-13,15-16,26H,9-10,14H2,1-2H3,(H,24,27)/t16-/m1/s1. The lowest BCUT2D eigenvalue weighted by Gasteiger charge is -2.13. The number of hydrogen-bond acceptors (Lipinski definition) is 4. The number of aliphatic hydroxyl groups is 1. The largest absolute Gasteiger partial charge is 0.496 e. The molecule has 28 heavy (non-hydrogen) atoms. The Balaban J connectivity index is 1.60. The summed E-state index contributed by atoms with van der Waals surface area (Å²) in [6, 6.07) is 13.4. The fourth-order valence-corrected chi connectivity index (χ4v) is 3.07. The minimum Gasteiger partial charge on any atom is -0.496 e. The Labute approximate surface area is 164 Å². The molecule has 146 valence electrons. The number of carbonyl (C=O) groups excluding carboxylic acids is 1. The monoisotopic (exact) mass is 379 g/mol. The molecule has 0 aliphatic rings. The summed E-state index contributed by atoms with van der Waals surface area (Å²) >= 11 is 0. The van der Waals surface area contributed by atoms with Crippen LogP contribution in [0, 0.1) is 0 Å². The fraction of sp³-hybridized carbons (Fsp3) is 0.273. The van der Waals surface area contributed by atoms with E-state index in [0.29, 0.717) is 17.9 Å². The van der Waals surface area contributed by atoms with Gasteiger partial charge in [0.15, 0.2) is 0 Å². The molecule has 0 saturated carbocycles. The van der Waals surface area contributed by atoms with Gasteiger partial charge in [-0.2, -0.15) is 0 Å². The van der Waals surface area contributed by atoms with Crippen molar-refractivity contribution in [1.82, 2.24) is 14.9 Å². The SMILES string of the molecule is COc1ccc(-c2ccc(C(=O)NCC[C@@H](C)n3ccnc3)cc2)cc1CO. The molecule has 0 bridgehead atoms. The predicted octanol–water partition coefficient (Wildman–Crippen LogP) is 3.43. The first kappa shape index (κ1) is 19.6. The maximum Gasteiger partial charge on any atom is 0.251 e. The zero-order valence-electron chi connectivity index (χ0n) is 16.1. The smallest absolute Gasteiger partial charge is 0.251 e. The molecule has 0 saturated heterocycles. The third-order valence-electron chi connectivity index (χ3n) is 4.81. The van der Waals surface area contributed by atoms with Crippen molar-refractivity contribution in [3.63, 3.8) is 0 Å². The van der Waals surface area contributed by atoms with Crippen molar-refractivity contribution < 1.29 is 14.6 Å². The third-order valence-corrected chi connectivity index (χ3v) is 4.81. The number of aliphatic hydroxyl groups excluding tert-OH is 1. The highest BCUT2D eigenvalue weighted by Gasteiger charge is 2.09. The molecule has 3 rings (SSSR count). The van der Waals surface area contributed by atoms with Crippen LogP contribution in [0.1, 0.15) is 35.3 Å². The van der Waals surface area contributed by atoms with Crippen LogP contribution in [-0.2, 0) is 6.61 Å². The molecular weight excluding hydrogens is 354 g/mol. The number of rotatable bonds is 8. The van der Waals surface area contributed by atoms with Crippen LogP contribution in [0.3, 0.4) is 0 Å². The van der Waals surface area contributed by atoms with E-state index in [2.05, 4.69) is 17.2 Å². The Kier molecular flexibility index (Phi) is 6.45. The number of nitrogens with zero attached hydrogens (tertiary/aromatic N) is 2. The summed E-state index contributed by atoms with van der Waals surface area (Å²) in [7, 11) is 1.58. The second kappa shape index (κ2) is 9.19. The van der Waals surface area contributed by atoms with E-state index in [1.807, 2.05) is 53.2 Å². The van der Waals surface area contributed by atoms with Crippen molar-refractivity contribution in [1.29, 1.82) is 0 Å². The summed E-state index contributed by atoms with van der Waals surface area (Å²) in [6.45, 7) is 2.60. The van der Waals surface area contributed by atoms with Gasteiger partial charge in [-0.15, -0.1) is 0 Å². The van der Waals surface area contributed by atoms with Crippen molar-refractivity contribution >= 4 is 5.91 Å². The van der Waals surface area contributed by atoms with Gasteiger partial charge in [0.05, 0.1) is 20.0 Å². The molecule has 6 heteroatoms. The molecule has 0 fully saturated rings. The molecule has 1 heterocycles. The summed E-state index contributed by atoms with van der Waals surface area (Å²) in [5, 5.41) is 12.4. The highest BCUT2D eigenvalue weighted by molar-refractivity contribution is 5.94. The zero-order valence-corrected chi connectivity index (χ0v) is 16.1. The van der Waals surface area contributed by atoms with Crippen LogP contribution in [0.15, 0.2) is 61.2 Å². The number of benzene rings is 2. The van der Waals surface area contributed by atoms with Crippen molar-refractivity contribution in [3.8, 4) is 16.9 Å². The maximum absolute atomic E-state index is 12.4. The number of nitrogens with one attached hydrogen (secondary N) is 1. The average Bonchev–Trinajstić information content (AvgIpc) is 3.28. The molecule has 0 aliphatic carbocycles. The van der Waals surface area contributed by atoms with Gasteiger partial charge in [-0.1, -0.05) is 18.2 Å². The molecule has 6 nitrogen and oxygen atoms in total. The van der Waals surface area contributed by atoms with Crippen molar-refractivity contribution in [3.05, 3.63) is 72.3 Å². The number of carbonyl (C=O) groups is 1. The first-order valence-corrected chi connectivity index (χ1v) is 9.26. The summed E-state index contributed by atoms with van der Waals surface area (Å²) in [5.41, 5.74) is 3.29. The molecule has 0 radical (unpaired) electrons. The first-order valence-electron chi connectivity index (χ1n) is 9.26. The number of ether oxygens (including phenoxy) is 1. The van der Waals surface area contributed by atoms with Crippen LogP contribution in [0.4, 0.5) is 0 Å². The van der Waals surface area contributed by atoms with Crippen LogP contribution in [-0.4, -0.2) is 34.2 Å². The molecule has 0 unspecified atom stereocenters. The second-order valence-electron chi connectivity index (χ2n) is 6.67. The Morgan fingerprint density at radius 2 is 1.96 bits per heavy atom. The Bertz CT molecular complexity index is 905. The molecule has 0 spiro atoms. The number of methoxy groups -OCH3 is 1. The van der Waals surface area contributed by atoms with Crippen LogP contribution in [0.25, 0.3) is 11.1 Å². The lowest BCUT2D eigenvalue weighted by Crippen LogP contribution is -2.26. The van der Waals surface area contributed by atoms with Gasteiger partial charge in [0.2, 0.25) is 0 Å². The van der Waals surface area contributed by atoms with Gasteiger partial charge in [0, 0.05) is 36.1 Å². The fourth-order valence-electron chi connectivity index (χ4n) is 3.07. The number of imidazole rings is 1. The van der Waals surface area contributed by atoms with Crippen LogP contribution in [0.5, 0.6) is 5.75 Å². The van der Waals surface area contributed by atoms with E-state index >= 15 is 0 Å². The van der Waals surface area contributed by atoms with Gasteiger partial charge >= 0.3 is 0 Å². The molecular formula is C22H25N3O3. The van der Waals surface area contributed by atoms with Gasteiger partial charge in [0.25, 0.3) is 5.91 Å². The van der Waals surface area contributed by atoms with E-state index in [4.69, 9.17) is 4.74 Å². The molecule has 0 aliphatic heterocycles. The molecule has 1 atom stereocenters. The molecule has 1 amide bonds. The van der Waals surface area contributed by atoms with E-state index in [1.54, 1.807) is 19.6 Å². The molecule has 1 aromatic heterocycles. The number of amides is 1. The Hall–Kier alpha value is -3.12. The zero-order chi connectivity index (χ0) is 19.9. The molecule has 2 aromatic carbocycles. The topological polar surface area (TPSA) is 76.4 Å². The third kappa shape index (κ3) is 4.58. The lowest BCUT2D eigenvalue weighted by molar-refractivity contribution is 0.0952. The van der Waals surface area contributed by atoms with Crippen LogP contribution >= 0.6 is 0 Å². The summed E-state index contributed by atoms with van der Waals surface area (Å²) < 4.78 is 7.26. The van der Waals surface area contributed by atoms with E-state index < -0.39 is 0 Å². The van der Waals surface area contributed by atoms with E-state index in [-0.39, 0.29) is 18.6 Å². The van der Waals surface area contributed by atoms with Gasteiger partial charge in [-0.3, -0.25) is 4.79 Å². The summed E-state index contributed by atoms with van der Waals surface area (Å²) in [4.78, 5) is 16.4. The quantitative estimate of drug-likeness (QED) is 0.629. The highest BCUT2D eigenvalue weighted by atomic mass is 16.5. The van der Waals surface area contributed by atoms with E-state index in [0.717, 1.165) is 23.1 Å². The van der Waals surface area contributed by atoms with Gasteiger partial charge in [0.1, 0.15) is 5.75 Å². The predicted molar refractivity (Wildman–Crippen MR) is 108 cm³/mol. The number of hydrogen-bond donors (Lipinski definition) is 2. The van der Waals surface area contributed by atoms with Gasteiger partial charge < -0.3 is 19.7 Å². The Morgan fingerprint density at radius 1 is 1.21 bits per heavy atom. The van der Waals surface area contributed by atoms with Crippen LogP contribution in [0.2, 0.25) is 0 Å². The van der Waals surface area contributed by atoms with E-state index in [1.165, 1.54) is 0 Å². The summed E-state index contributed by atoms with van der Waals surface area (Å²) in [6.07, 6.45) is 6.29. The molecule has 2 N–H and O–H groups in total. The Morgan fingerprint density at radius 3 is 2.61 bits per heavy atom. The summed E-state index contributed by atoms with van der Waals surface area (Å²) in [5.74, 6) is 0.572. The average molecular weight is 379 g/mol. The van der Waals surface area contributed by atoms with Gasteiger partial charge in [-0.25, -0.2) is 4.98 Å². The van der Waals surface area contributed by atoms with Crippen molar-refractivity contribution in [2.45, 2.75) is 26.0 Å². The van der Waals surface area contributed by atoms with Gasteiger partial charge in [-0.05, 0) is 48.7 Å². The minimum atomic E-state index is -0.0883. The second-order valence-corrected chi connectivity index (χ2v) is 6.67. The maximum atomic E-state index is 12.4. The molecule has 3 aromatic rings. The lowest BCUT2D eigenvalue weighted by atomic mass is 10.0. The van der Waals surface area contributed by atoms with Crippen molar-refractivity contribution in [2.24, 2.45) is 0 Å². The normalized spacial score (nSPS) is 11.8.